The molecule has 0 radical (unpaired) electrons. The predicted octanol–water partition coefficient (Wildman–Crippen LogP) is 3.85. The lowest BCUT2D eigenvalue weighted by molar-refractivity contribution is -0.148. The molecule has 7 atom stereocenters. The van der Waals surface area contributed by atoms with E-state index in [0.717, 1.165) is 50.9 Å². The standard InChI is InChI=1S/C24H36N2O3/c1-23-9-8-18-16(17(23)6-7-22(23)28)14-20(27)19-12-15(26-10-4-5-11-26)13-21(25-29-3)24(18,19)2/h15-19H,4-14H2,1-3H3/t15?,16-,17-,18+,19?,23-,24+/m0/s1. The molecule has 2 unspecified atom stereocenters. The van der Waals surface area contributed by atoms with E-state index in [1.807, 2.05) is 0 Å². The highest BCUT2D eigenvalue weighted by atomic mass is 16.6. The first-order valence-electron chi connectivity index (χ1n) is 11.8. The Morgan fingerprint density at radius 3 is 2.55 bits per heavy atom. The average Bonchev–Trinajstić information content (AvgIpc) is 3.32. The van der Waals surface area contributed by atoms with E-state index in [1.165, 1.54) is 12.8 Å². The number of likely N-dealkylation sites (tertiary alicyclic amines) is 1. The van der Waals surface area contributed by atoms with Crippen LogP contribution >= 0.6 is 0 Å². The van der Waals surface area contributed by atoms with Gasteiger partial charge in [0.05, 0.1) is 5.71 Å². The van der Waals surface area contributed by atoms with E-state index in [-0.39, 0.29) is 16.7 Å². The summed E-state index contributed by atoms with van der Waals surface area (Å²) in [6, 6.07) is 0.423. The molecule has 5 rings (SSSR count). The van der Waals surface area contributed by atoms with Crippen molar-refractivity contribution in [1.82, 2.24) is 4.90 Å². The first kappa shape index (κ1) is 19.7. The number of rotatable bonds is 2. The summed E-state index contributed by atoms with van der Waals surface area (Å²) in [5, 5.41) is 4.58. The van der Waals surface area contributed by atoms with Crippen LogP contribution in [0.1, 0.15) is 71.6 Å². The summed E-state index contributed by atoms with van der Waals surface area (Å²) in [4.78, 5) is 34.2. The summed E-state index contributed by atoms with van der Waals surface area (Å²) >= 11 is 0. The Hall–Kier alpha value is -1.23. The molecule has 1 saturated heterocycles. The van der Waals surface area contributed by atoms with Crippen molar-refractivity contribution in [3.8, 4) is 0 Å². The number of carbonyl (C=O) groups excluding carboxylic acids is 2. The van der Waals surface area contributed by atoms with Crippen LogP contribution in [0.2, 0.25) is 0 Å². The largest absolute Gasteiger partial charge is 0.399 e. The number of hydrogen-bond acceptors (Lipinski definition) is 5. The van der Waals surface area contributed by atoms with Gasteiger partial charge >= 0.3 is 0 Å². The van der Waals surface area contributed by atoms with Crippen LogP contribution in [0.3, 0.4) is 0 Å². The van der Waals surface area contributed by atoms with Gasteiger partial charge in [0.1, 0.15) is 18.7 Å². The van der Waals surface area contributed by atoms with Crippen LogP contribution < -0.4 is 0 Å². The lowest BCUT2D eigenvalue weighted by atomic mass is 9.44. The fraction of sp³-hybridized carbons (Fsp3) is 0.875. The van der Waals surface area contributed by atoms with Crippen LogP contribution in [0.25, 0.3) is 0 Å². The highest BCUT2D eigenvalue weighted by molar-refractivity contribution is 5.99. The molecule has 0 aromatic heterocycles. The molecule has 5 fully saturated rings. The van der Waals surface area contributed by atoms with Gasteiger partial charge in [-0.25, -0.2) is 0 Å². The molecule has 5 aliphatic rings. The third kappa shape index (κ3) is 2.72. The molecule has 5 heteroatoms. The average molecular weight is 401 g/mol. The Labute approximate surface area is 174 Å². The van der Waals surface area contributed by atoms with Crippen molar-refractivity contribution in [3.05, 3.63) is 0 Å². The van der Waals surface area contributed by atoms with Crippen LogP contribution in [0.4, 0.5) is 0 Å². The van der Waals surface area contributed by atoms with Crippen molar-refractivity contribution in [3.63, 3.8) is 0 Å². The van der Waals surface area contributed by atoms with E-state index >= 15 is 0 Å². The second-order valence-corrected chi connectivity index (χ2v) is 10.9. The fourth-order valence-electron chi connectivity index (χ4n) is 8.28. The van der Waals surface area contributed by atoms with Crippen LogP contribution in [0.15, 0.2) is 5.16 Å². The number of fused-ring (bicyclic) bond motifs is 5. The third-order valence-corrected chi connectivity index (χ3v) is 9.88. The predicted molar refractivity (Wildman–Crippen MR) is 112 cm³/mol. The Bertz CT molecular complexity index is 742. The summed E-state index contributed by atoms with van der Waals surface area (Å²) in [7, 11) is 1.64. The summed E-state index contributed by atoms with van der Waals surface area (Å²) in [5.41, 5.74) is 0.707. The van der Waals surface area contributed by atoms with Crippen LogP contribution in [0, 0.1) is 34.5 Å². The molecule has 1 aliphatic heterocycles. The van der Waals surface area contributed by atoms with Crippen LogP contribution in [-0.2, 0) is 14.4 Å². The van der Waals surface area contributed by atoms with Gasteiger partial charge in [-0.1, -0.05) is 19.0 Å². The Balaban J connectivity index is 1.51. The summed E-state index contributed by atoms with van der Waals surface area (Å²) in [5.74, 6) is 2.06. The van der Waals surface area contributed by atoms with Crippen molar-refractivity contribution in [2.24, 2.45) is 39.7 Å². The molecule has 0 aromatic rings. The normalized spacial score (nSPS) is 49.1. The number of Topliss-reactive ketones (excluding diaryl/α,β-unsaturated/α-hetero) is 2. The van der Waals surface area contributed by atoms with E-state index < -0.39 is 0 Å². The van der Waals surface area contributed by atoms with E-state index in [0.29, 0.717) is 48.2 Å². The molecular weight excluding hydrogens is 364 g/mol. The number of nitrogens with zero attached hydrogens (tertiary/aromatic N) is 2. The lowest BCUT2D eigenvalue weighted by Crippen LogP contribution is -2.62. The quantitative estimate of drug-likeness (QED) is 0.661. The second-order valence-electron chi connectivity index (χ2n) is 10.9. The molecule has 1 heterocycles. The van der Waals surface area contributed by atoms with Crippen molar-refractivity contribution < 1.29 is 14.4 Å². The Morgan fingerprint density at radius 1 is 1.07 bits per heavy atom. The minimum Gasteiger partial charge on any atom is -0.399 e. The minimum atomic E-state index is -0.209. The van der Waals surface area contributed by atoms with Gasteiger partial charge in [0.2, 0.25) is 0 Å². The maximum absolute atomic E-state index is 13.6. The topological polar surface area (TPSA) is 59.0 Å². The molecule has 29 heavy (non-hydrogen) atoms. The molecule has 0 aromatic carbocycles. The van der Waals surface area contributed by atoms with Gasteiger partial charge < -0.3 is 4.84 Å². The van der Waals surface area contributed by atoms with Crippen molar-refractivity contribution >= 4 is 17.3 Å². The lowest BCUT2D eigenvalue weighted by Gasteiger charge is -2.59. The fourth-order valence-corrected chi connectivity index (χ4v) is 8.28. The monoisotopic (exact) mass is 400 g/mol. The maximum Gasteiger partial charge on any atom is 0.139 e. The van der Waals surface area contributed by atoms with Gasteiger partial charge in [0, 0.05) is 42.1 Å². The van der Waals surface area contributed by atoms with Crippen molar-refractivity contribution in [1.29, 1.82) is 0 Å². The molecule has 5 nitrogen and oxygen atoms in total. The summed E-state index contributed by atoms with van der Waals surface area (Å²) in [6.07, 6.45) is 8.80. The number of oxime groups is 1. The zero-order valence-electron chi connectivity index (χ0n) is 18.3. The molecule has 0 spiro atoms. The third-order valence-electron chi connectivity index (χ3n) is 9.88. The number of carbonyl (C=O) groups is 2. The molecule has 0 N–H and O–H groups in total. The summed E-state index contributed by atoms with van der Waals surface area (Å²) < 4.78 is 0. The van der Waals surface area contributed by atoms with E-state index in [4.69, 9.17) is 4.84 Å². The highest BCUT2D eigenvalue weighted by Gasteiger charge is 2.64. The summed E-state index contributed by atoms with van der Waals surface area (Å²) in [6.45, 7) is 6.79. The van der Waals surface area contributed by atoms with E-state index in [9.17, 15) is 9.59 Å². The molecule has 160 valence electrons. The second kappa shape index (κ2) is 6.90. The zero-order chi connectivity index (χ0) is 20.4. The maximum atomic E-state index is 13.6. The van der Waals surface area contributed by atoms with Crippen LogP contribution in [-0.4, -0.2) is 48.4 Å². The first-order chi connectivity index (χ1) is 13.9. The van der Waals surface area contributed by atoms with Gasteiger partial charge in [0.15, 0.2) is 0 Å². The molecular formula is C24H36N2O3. The minimum absolute atomic E-state index is 0.0541. The zero-order valence-corrected chi connectivity index (χ0v) is 18.3. The molecule has 0 bridgehead atoms. The Kier molecular flexibility index (Phi) is 4.69. The van der Waals surface area contributed by atoms with Gasteiger partial charge in [0.25, 0.3) is 0 Å². The SMILES string of the molecule is CON=C1CC(N2CCCC2)CC2C(=O)C[C@@H]3[C@@H](CC[C@]4(C)C(=O)CC[C@@H]34)[C@@]12C. The molecule has 4 aliphatic carbocycles. The number of hydrogen-bond donors (Lipinski definition) is 0. The van der Waals surface area contributed by atoms with Gasteiger partial charge in [-0.05, 0) is 69.4 Å². The van der Waals surface area contributed by atoms with E-state index in [1.54, 1.807) is 7.11 Å². The molecule has 0 amide bonds. The Morgan fingerprint density at radius 2 is 1.83 bits per heavy atom. The highest BCUT2D eigenvalue weighted by Crippen LogP contribution is 2.64. The smallest absolute Gasteiger partial charge is 0.139 e. The first-order valence-corrected chi connectivity index (χ1v) is 11.8. The van der Waals surface area contributed by atoms with Crippen LogP contribution in [0.5, 0.6) is 0 Å². The van der Waals surface area contributed by atoms with Gasteiger partial charge in [-0.3, -0.25) is 14.5 Å². The van der Waals surface area contributed by atoms with Crippen molar-refractivity contribution in [2.45, 2.75) is 77.7 Å². The van der Waals surface area contributed by atoms with E-state index in [2.05, 4.69) is 23.9 Å². The molecule has 4 saturated carbocycles. The van der Waals surface area contributed by atoms with Gasteiger partial charge in [-0.2, -0.15) is 0 Å². The van der Waals surface area contributed by atoms with Gasteiger partial charge in [-0.15, -0.1) is 0 Å². The van der Waals surface area contributed by atoms with Crippen molar-refractivity contribution in [2.75, 3.05) is 20.2 Å². The number of ketones is 2.